The van der Waals surface area contributed by atoms with Crippen LogP contribution in [0.5, 0.6) is 0 Å². The molecule has 3 aliphatic carbocycles. The van der Waals surface area contributed by atoms with Crippen LogP contribution in [0.15, 0.2) is 0 Å². The highest BCUT2D eigenvalue weighted by Crippen LogP contribution is 2.69. The Morgan fingerprint density at radius 3 is 2.45 bits per heavy atom. The molecule has 4 fully saturated rings. The Kier molecular flexibility index (Phi) is 3.10. The van der Waals surface area contributed by atoms with Crippen LogP contribution in [0, 0.1) is 29.6 Å². The first-order valence-electron chi connectivity index (χ1n) is 8.70. The highest BCUT2D eigenvalue weighted by atomic mass is 16.2. The highest BCUT2D eigenvalue weighted by Gasteiger charge is 2.68. The van der Waals surface area contributed by atoms with Crippen LogP contribution >= 0.6 is 0 Å². The van der Waals surface area contributed by atoms with E-state index in [1.54, 1.807) is 0 Å². The summed E-state index contributed by atoms with van der Waals surface area (Å²) in [6.07, 6.45) is 6.75. The molecular weight excluding hydrogens is 248 g/mol. The second-order valence-electron chi connectivity index (χ2n) is 7.89. The average Bonchev–Trinajstić information content (AvgIpc) is 2.84. The first-order valence-corrected chi connectivity index (χ1v) is 8.70. The van der Waals surface area contributed by atoms with Gasteiger partial charge < -0.3 is 10.2 Å². The van der Waals surface area contributed by atoms with Gasteiger partial charge in [0.2, 0.25) is 5.91 Å². The summed E-state index contributed by atoms with van der Waals surface area (Å²) in [7, 11) is 0. The number of nitrogens with zero attached hydrogens (tertiary/aromatic N) is 1. The molecule has 3 saturated carbocycles. The molecule has 0 radical (unpaired) electrons. The summed E-state index contributed by atoms with van der Waals surface area (Å²) in [5.74, 6) is 4.25. The molecule has 0 aromatic heterocycles. The van der Waals surface area contributed by atoms with Gasteiger partial charge in [0, 0.05) is 24.5 Å². The summed E-state index contributed by atoms with van der Waals surface area (Å²) in [5, 5.41) is 3.54. The molecule has 0 aromatic rings. The lowest BCUT2D eigenvalue weighted by Gasteiger charge is -2.30. The fourth-order valence-corrected chi connectivity index (χ4v) is 5.55. The lowest BCUT2D eigenvalue weighted by Crippen LogP contribution is -2.46. The number of amides is 1. The standard InChI is InChI=1S/C17H28N2O/c1-10(2)19(9-13-4-3-7-18-13)17(20)16-14-11-5-6-12(8-11)15(14)16/h10-16,18H,3-9H2,1-2H3. The van der Waals surface area contributed by atoms with Gasteiger partial charge in [0.15, 0.2) is 0 Å². The molecule has 5 unspecified atom stereocenters. The first-order chi connectivity index (χ1) is 9.66. The van der Waals surface area contributed by atoms with E-state index in [1.807, 2.05) is 0 Å². The van der Waals surface area contributed by atoms with Crippen molar-refractivity contribution in [3.63, 3.8) is 0 Å². The number of fused-ring (bicyclic) bond motifs is 5. The molecule has 5 atom stereocenters. The molecule has 1 heterocycles. The zero-order chi connectivity index (χ0) is 13.9. The number of hydrogen-bond donors (Lipinski definition) is 1. The summed E-state index contributed by atoms with van der Waals surface area (Å²) < 4.78 is 0. The number of nitrogens with one attached hydrogen (secondary N) is 1. The first kappa shape index (κ1) is 13.1. The van der Waals surface area contributed by atoms with E-state index in [0.29, 0.717) is 23.9 Å². The van der Waals surface area contributed by atoms with Crippen LogP contribution in [0.25, 0.3) is 0 Å². The van der Waals surface area contributed by atoms with Crippen molar-refractivity contribution in [3.8, 4) is 0 Å². The van der Waals surface area contributed by atoms with Gasteiger partial charge in [-0.1, -0.05) is 0 Å². The molecule has 1 aliphatic heterocycles. The fraction of sp³-hybridized carbons (Fsp3) is 0.941. The van der Waals surface area contributed by atoms with Crippen molar-refractivity contribution in [3.05, 3.63) is 0 Å². The van der Waals surface area contributed by atoms with Gasteiger partial charge in [0.25, 0.3) is 0 Å². The monoisotopic (exact) mass is 276 g/mol. The van der Waals surface area contributed by atoms with E-state index < -0.39 is 0 Å². The molecular formula is C17H28N2O. The van der Waals surface area contributed by atoms with E-state index in [4.69, 9.17) is 0 Å². The van der Waals surface area contributed by atoms with Crippen LogP contribution in [-0.4, -0.2) is 36.0 Å². The van der Waals surface area contributed by atoms with Crippen LogP contribution in [0.1, 0.15) is 46.0 Å². The third kappa shape index (κ3) is 1.93. The van der Waals surface area contributed by atoms with E-state index in [2.05, 4.69) is 24.1 Å². The van der Waals surface area contributed by atoms with Crippen LogP contribution in [0.2, 0.25) is 0 Å². The Labute approximate surface area is 122 Å². The lowest BCUT2D eigenvalue weighted by molar-refractivity contribution is -0.135. The maximum Gasteiger partial charge on any atom is 0.226 e. The van der Waals surface area contributed by atoms with Crippen molar-refractivity contribution < 1.29 is 4.79 Å². The second-order valence-corrected chi connectivity index (χ2v) is 7.89. The minimum Gasteiger partial charge on any atom is -0.338 e. The largest absolute Gasteiger partial charge is 0.338 e. The van der Waals surface area contributed by atoms with Gasteiger partial charge >= 0.3 is 0 Å². The Hall–Kier alpha value is -0.570. The van der Waals surface area contributed by atoms with E-state index in [0.717, 1.165) is 36.8 Å². The Morgan fingerprint density at radius 1 is 1.20 bits per heavy atom. The molecule has 0 spiro atoms. The molecule has 20 heavy (non-hydrogen) atoms. The van der Waals surface area contributed by atoms with E-state index >= 15 is 0 Å². The number of hydrogen-bond acceptors (Lipinski definition) is 2. The third-order valence-electron chi connectivity index (χ3n) is 6.51. The minimum absolute atomic E-state index is 0.351. The van der Waals surface area contributed by atoms with Gasteiger partial charge in [-0.25, -0.2) is 0 Å². The molecule has 1 amide bonds. The highest BCUT2D eigenvalue weighted by molar-refractivity contribution is 5.83. The van der Waals surface area contributed by atoms with Gasteiger partial charge in [0.1, 0.15) is 0 Å². The van der Waals surface area contributed by atoms with Crippen LogP contribution in [-0.2, 0) is 4.79 Å². The molecule has 4 aliphatic rings. The molecule has 4 rings (SSSR count). The zero-order valence-corrected chi connectivity index (χ0v) is 12.8. The predicted molar refractivity (Wildman–Crippen MR) is 79.2 cm³/mol. The number of carbonyl (C=O) groups is 1. The molecule has 112 valence electrons. The summed E-state index contributed by atoms with van der Waals surface area (Å²) in [6.45, 7) is 6.42. The molecule has 2 bridgehead atoms. The van der Waals surface area contributed by atoms with Crippen LogP contribution in [0.3, 0.4) is 0 Å². The summed E-state index contributed by atoms with van der Waals surface area (Å²) >= 11 is 0. The van der Waals surface area contributed by atoms with Gasteiger partial charge in [-0.05, 0) is 76.2 Å². The van der Waals surface area contributed by atoms with E-state index in [9.17, 15) is 4.79 Å². The van der Waals surface area contributed by atoms with Crippen molar-refractivity contribution >= 4 is 5.91 Å². The predicted octanol–water partition coefficient (Wildman–Crippen LogP) is 2.27. The van der Waals surface area contributed by atoms with Crippen LogP contribution in [0.4, 0.5) is 0 Å². The third-order valence-corrected chi connectivity index (χ3v) is 6.51. The van der Waals surface area contributed by atoms with Gasteiger partial charge in [0.05, 0.1) is 0 Å². The summed E-state index contributed by atoms with van der Waals surface area (Å²) in [5.41, 5.74) is 0. The number of carbonyl (C=O) groups excluding carboxylic acids is 1. The van der Waals surface area contributed by atoms with Crippen molar-refractivity contribution in [2.24, 2.45) is 29.6 Å². The fourth-order valence-electron chi connectivity index (χ4n) is 5.55. The lowest BCUT2D eigenvalue weighted by atomic mass is 10.0. The molecule has 3 heteroatoms. The van der Waals surface area contributed by atoms with Gasteiger partial charge in [-0.3, -0.25) is 4.79 Å². The van der Waals surface area contributed by atoms with Crippen LogP contribution < -0.4 is 5.32 Å². The Morgan fingerprint density at radius 2 is 1.90 bits per heavy atom. The normalized spacial score (nSPS) is 45.0. The number of rotatable bonds is 4. The second kappa shape index (κ2) is 4.72. The maximum atomic E-state index is 13.0. The SMILES string of the molecule is CC(C)N(CC1CCCN1)C(=O)C1C2C3CCC(C3)C12. The van der Waals surface area contributed by atoms with Gasteiger partial charge in [-0.15, -0.1) is 0 Å². The van der Waals surface area contributed by atoms with E-state index in [-0.39, 0.29) is 0 Å². The van der Waals surface area contributed by atoms with Gasteiger partial charge in [-0.2, -0.15) is 0 Å². The molecule has 1 saturated heterocycles. The van der Waals surface area contributed by atoms with Crippen molar-refractivity contribution in [1.29, 1.82) is 0 Å². The smallest absolute Gasteiger partial charge is 0.226 e. The van der Waals surface area contributed by atoms with Crippen molar-refractivity contribution in [1.82, 2.24) is 10.2 Å². The quantitative estimate of drug-likeness (QED) is 0.854. The Bertz CT molecular complexity index is 386. The summed E-state index contributed by atoms with van der Waals surface area (Å²) in [4.78, 5) is 15.2. The zero-order valence-electron chi connectivity index (χ0n) is 12.8. The average molecular weight is 276 g/mol. The summed E-state index contributed by atoms with van der Waals surface area (Å²) in [6, 6.07) is 0.889. The van der Waals surface area contributed by atoms with Crippen molar-refractivity contribution in [2.75, 3.05) is 13.1 Å². The Balaban J connectivity index is 1.43. The maximum absolute atomic E-state index is 13.0. The topological polar surface area (TPSA) is 32.3 Å². The molecule has 1 N–H and O–H groups in total. The minimum atomic E-state index is 0.351. The van der Waals surface area contributed by atoms with Crippen molar-refractivity contribution in [2.45, 2.75) is 58.0 Å². The molecule has 3 nitrogen and oxygen atoms in total. The van der Waals surface area contributed by atoms with E-state index in [1.165, 1.54) is 32.1 Å². The molecule has 0 aromatic carbocycles.